The summed E-state index contributed by atoms with van der Waals surface area (Å²) < 4.78 is 0. The lowest BCUT2D eigenvalue weighted by Crippen LogP contribution is -2.46. The Balaban J connectivity index is 1.69. The molecule has 1 N–H and O–H groups in total. The zero-order chi connectivity index (χ0) is 13.7. The Morgan fingerprint density at radius 3 is 2.42 bits per heavy atom. The number of halogens is 1. The zero-order valence-electron chi connectivity index (χ0n) is 11.9. The lowest BCUT2D eigenvalue weighted by molar-refractivity contribution is 0.154. The van der Waals surface area contributed by atoms with Gasteiger partial charge in [-0.3, -0.25) is 4.90 Å². The van der Waals surface area contributed by atoms with E-state index in [4.69, 9.17) is 11.6 Å². The molecule has 0 unspecified atom stereocenters. The third-order valence-corrected chi connectivity index (χ3v) is 4.10. The molecular formula is C15H24ClN3. The molecule has 3 nitrogen and oxygen atoms in total. The summed E-state index contributed by atoms with van der Waals surface area (Å²) in [6.45, 7) is 9.12. The van der Waals surface area contributed by atoms with Crippen molar-refractivity contribution in [2.45, 2.75) is 13.0 Å². The Bertz CT molecular complexity index is 371. The van der Waals surface area contributed by atoms with Crippen LogP contribution in [0.15, 0.2) is 24.3 Å². The minimum Gasteiger partial charge on any atom is -0.309 e. The van der Waals surface area contributed by atoms with Gasteiger partial charge in [0, 0.05) is 50.3 Å². The van der Waals surface area contributed by atoms with E-state index in [1.165, 1.54) is 31.7 Å². The van der Waals surface area contributed by atoms with E-state index in [-0.39, 0.29) is 0 Å². The molecule has 1 heterocycles. The summed E-state index contributed by atoms with van der Waals surface area (Å²) >= 11 is 5.90. The van der Waals surface area contributed by atoms with Gasteiger partial charge in [0.05, 0.1) is 0 Å². The van der Waals surface area contributed by atoms with Crippen molar-refractivity contribution < 1.29 is 0 Å². The Kier molecular flexibility index (Phi) is 5.64. The van der Waals surface area contributed by atoms with E-state index in [0.717, 1.165) is 18.1 Å². The van der Waals surface area contributed by atoms with Crippen molar-refractivity contribution in [3.05, 3.63) is 34.9 Å². The highest BCUT2D eigenvalue weighted by Crippen LogP contribution is 2.15. The van der Waals surface area contributed by atoms with Crippen molar-refractivity contribution in [1.29, 1.82) is 0 Å². The highest BCUT2D eigenvalue weighted by Gasteiger charge is 2.13. The van der Waals surface area contributed by atoms with Crippen LogP contribution < -0.4 is 5.32 Å². The molecule has 1 aromatic carbocycles. The van der Waals surface area contributed by atoms with Crippen LogP contribution in [0.2, 0.25) is 5.02 Å². The number of hydrogen-bond acceptors (Lipinski definition) is 3. The average Bonchev–Trinajstić information content (AvgIpc) is 2.41. The first-order chi connectivity index (χ1) is 9.15. The number of rotatable bonds is 5. The summed E-state index contributed by atoms with van der Waals surface area (Å²) in [6.07, 6.45) is 0. The fourth-order valence-electron chi connectivity index (χ4n) is 2.38. The van der Waals surface area contributed by atoms with Gasteiger partial charge in [0.25, 0.3) is 0 Å². The second-order valence-corrected chi connectivity index (χ2v) is 5.81. The second kappa shape index (κ2) is 7.25. The largest absolute Gasteiger partial charge is 0.309 e. The third kappa shape index (κ3) is 4.77. The predicted molar refractivity (Wildman–Crippen MR) is 81.8 cm³/mol. The van der Waals surface area contributed by atoms with E-state index >= 15 is 0 Å². The topological polar surface area (TPSA) is 18.5 Å². The number of nitrogens with zero attached hydrogens (tertiary/aromatic N) is 2. The highest BCUT2D eigenvalue weighted by molar-refractivity contribution is 6.30. The van der Waals surface area contributed by atoms with Crippen LogP contribution in [0.1, 0.15) is 18.5 Å². The Labute approximate surface area is 121 Å². The lowest BCUT2D eigenvalue weighted by Gasteiger charge is -2.32. The van der Waals surface area contributed by atoms with Crippen molar-refractivity contribution >= 4 is 11.6 Å². The molecule has 2 rings (SSSR count). The lowest BCUT2D eigenvalue weighted by atomic mass is 10.1. The van der Waals surface area contributed by atoms with Crippen molar-refractivity contribution in [2.24, 2.45) is 0 Å². The normalized spacial score (nSPS) is 19.5. The van der Waals surface area contributed by atoms with Gasteiger partial charge in [-0.2, -0.15) is 0 Å². The molecule has 0 radical (unpaired) electrons. The molecule has 1 aliphatic heterocycles. The first kappa shape index (κ1) is 14.8. The molecule has 0 amide bonds. The minimum atomic E-state index is 0.379. The summed E-state index contributed by atoms with van der Waals surface area (Å²) in [7, 11) is 2.19. The second-order valence-electron chi connectivity index (χ2n) is 5.37. The van der Waals surface area contributed by atoms with Crippen molar-refractivity contribution in [1.82, 2.24) is 15.1 Å². The van der Waals surface area contributed by atoms with Gasteiger partial charge in [-0.25, -0.2) is 0 Å². The van der Waals surface area contributed by atoms with Gasteiger partial charge in [-0.1, -0.05) is 23.7 Å². The number of likely N-dealkylation sites (N-methyl/N-ethyl adjacent to an activating group) is 1. The molecule has 19 heavy (non-hydrogen) atoms. The van der Waals surface area contributed by atoms with Crippen LogP contribution in [0.25, 0.3) is 0 Å². The summed E-state index contributed by atoms with van der Waals surface area (Å²) in [5.74, 6) is 0. The monoisotopic (exact) mass is 281 g/mol. The SMILES string of the molecule is C[C@@H](NCCN1CCN(C)CC1)c1ccc(Cl)cc1. The van der Waals surface area contributed by atoms with Crippen LogP contribution in [-0.2, 0) is 0 Å². The van der Waals surface area contributed by atoms with Gasteiger partial charge in [0.2, 0.25) is 0 Å². The first-order valence-electron chi connectivity index (χ1n) is 7.05. The van der Waals surface area contributed by atoms with Gasteiger partial charge in [-0.05, 0) is 31.7 Å². The number of benzene rings is 1. The number of nitrogens with one attached hydrogen (secondary N) is 1. The zero-order valence-corrected chi connectivity index (χ0v) is 12.7. The van der Waals surface area contributed by atoms with E-state index in [2.05, 4.69) is 41.2 Å². The Morgan fingerprint density at radius 2 is 1.79 bits per heavy atom. The van der Waals surface area contributed by atoms with Crippen LogP contribution in [-0.4, -0.2) is 56.1 Å². The molecule has 1 aromatic rings. The average molecular weight is 282 g/mol. The maximum absolute atomic E-state index is 5.90. The Morgan fingerprint density at radius 1 is 1.16 bits per heavy atom. The van der Waals surface area contributed by atoms with Gasteiger partial charge >= 0.3 is 0 Å². The van der Waals surface area contributed by atoms with Crippen molar-refractivity contribution in [3.8, 4) is 0 Å². The molecule has 0 aromatic heterocycles. The summed E-state index contributed by atoms with van der Waals surface area (Å²) in [6, 6.07) is 8.47. The third-order valence-electron chi connectivity index (χ3n) is 3.84. The maximum Gasteiger partial charge on any atom is 0.0406 e. The highest BCUT2D eigenvalue weighted by atomic mass is 35.5. The van der Waals surface area contributed by atoms with Gasteiger partial charge in [-0.15, -0.1) is 0 Å². The van der Waals surface area contributed by atoms with E-state index in [9.17, 15) is 0 Å². The molecule has 1 fully saturated rings. The first-order valence-corrected chi connectivity index (χ1v) is 7.42. The molecule has 0 aliphatic carbocycles. The van der Waals surface area contributed by atoms with Crippen molar-refractivity contribution in [2.75, 3.05) is 46.3 Å². The molecule has 1 atom stereocenters. The van der Waals surface area contributed by atoms with Crippen LogP contribution in [0.5, 0.6) is 0 Å². The van der Waals surface area contributed by atoms with Gasteiger partial charge < -0.3 is 10.2 Å². The standard InChI is InChI=1S/C15H24ClN3/c1-13(14-3-5-15(16)6-4-14)17-7-8-19-11-9-18(2)10-12-19/h3-6,13,17H,7-12H2,1-2H3/t13-/m1/s1. The molecule has 106 valence electrons. The van der Waals surface area contributed by atoms with Gasteiger partial charge in [0.1, 0.15) is 0 Å². The smallest absolute Gasteiger partial charge is 0.0406 e. The molecule has 4 heteroatoms. The quantitative estimate of drug-likeness (QED) is 0.893. The minimum absolute atomic E-state index is 0.379. The van der Waals surface area contributed by atoms with Crippen molar-refractivity contribution in [3.63, 3.8) is 0 Å². The fraction of sp³-hybridized carbons (Fsp3) is 0.600. The predicted octanol–water partition coefficient (Wildman–Crippen LogP) is 2.24. The molecule has 0 saturated carbocycles. The van der Waals surface area contributed by atoms with E-state index in [0.29, 0.717) is 6.04 Å². The van der Waals surface area contributed by atoms with E-state index in [1.54, 1.807) is 0 Å². The maximum atomic E-state index is 5.90. The van der Waals surface area contributed by atoms with Crippen LogP contribution >= 0.6 is 11.6 Å². The van der Waals surface area contributed by atoms with E-state index in [1.807, 2.05) is 12.1 Å². The summed E-state index contributed by atoms with van der Waals surface area (Å²) in [5, 5.41) is 4.38. The molecule has 1 aliphatic rings. The summed E-state index contributed by atoms with van der Waals surface area (Å²) in [5.41, 5.74) is 1.29. The summed E-state index contributed by atoms with van der Waals surface area (Å²) in [4.78, 5) is 4.92. The molecule has 0 bridgehead atoms. The van der Waals surface area contributed by atoms with Gasteiger partial charge in [0.15, 0.2) is 0 Å². The number of piperazine rings is 1. The molecular weight excluding hydrogens is 258 g/mol. The Hall–Kier alpha value is -0.610. The van der Waals surface area contributed by atoms with Crippen LogP contribution in [0.4, 0.5) is 0 Å². The molecule has 0 spiro atoms. The molecule has 1 saturated heterocycles. The fourth-order valence-corrected chi connectivity index (χ4v) is 2.51. The van der Waals surface area contributed by atoms with Crippen LogP contribution in [0, 0.1) is 0 Å². The number of hydrogen-bond donors (Lipinski definition) is 1. The van der Waals surface area contributed by atoms with E-state index < -0.39 is 0 Å². The van der Waals surface area contributed by atoms with Crippen LogP contribution in [0.3, 0.4) is 0 Å².